The second-order valence-corrected chi connectivity index (χ2v) is 10.5. The molecule has 2 aromatic carbocycles. The molecule has 0 N–H and O–H groups in total. The largest absolute Gasteiger partial charge is 0.382 e. The number of nitrogens with zero attached hydrogens (tertiary/aromatic N) is 1. The standard InChI is InChI=1S/C21H27NOSi/c1-24(21-13-6-7-15-23-21)16-8-14-22-19-11-4-2-9-17(19)18-10-3-5-12-20(18)22/h2-5,9-12,21,24H,6-8,13-16H2,1H3. The van der Waals surface area contributed by atoms with E-state index in [-0.39, 0.29) is 0 Å². The van der Waals surface area contributed by atoms with Gasteiger partial charge in [0.2, 0.25) is 0 Å². The van der Waals surface area contributed by atoms with E-state index in [1.807, 2.05) is 0 Å². The first-order chi connectivity index (χ1) is 11.8. The van der Waals surface area contributed by atoms with Crippen molar-refractivity contribution in [3.63, 3.8) is 0 Å². The number of aromatic nitrogens is 1. The smallest absolute Gasteiger partial charge is 0.0687 e. The molecular formula is C21H27NOSi. The summed E-state index contributed by atoms with van der Waals surface area (Å²) in [6.45, 7) is 4.62. The van der Waals surface area contributed by atoms with E-state index in [0.717, 1.165) is 13.2 Å². The van der Waals surface area contributed by atoms with Gasteiger partial charge in [0.05, 0.1) is 8.80 Å². The van der Waals surface area contributed by atoms with Crippen LogP contribution in [-0.4, -0.2) is 25.7 Å². The van der Waals surface area contributed by atoms with Crippen molar-refractivity contribution in [2.75, 3.05) is 6.61 Å². The van der Waals surface area contributed by atoms with Crippen LogP contribution in [0.15, 0.2) is 48.5 Å². The third-order valence-corrected chi connectivity index (χ3v) is 8.68. The number of fused-ring (bicyclic) bond motifs is 3. The van der Waals surface area contributed by atoms with E-state index in [9.17, 15) is 0 Å². The molecule has 1 saturated heterocycles. The summed E-state index contributed by atoms with van der Waals surface area (Å²) in [7, 11) is -0.765. The molecule has 0 aliphatic carbocycles. The molecular weight excluding hydrogens is 310 g/mol. The summed E-state index contributed by atoms with van der Waals surface area (Å²) in [6, 6.07) is 19.0. The van der Waals surface area contributed by atoms with Gasteiger partial charge < -0.3 is 9.30 Å². The normalized spacial score (nSPS) is 19.8. The van der Waals surface area contributed by atoms with Gasteiger partial charge in [0.15, 0.2) is 0 Å². The lowest BCUT2D eigenvalue weighted by Crippen LogP contribution is -2.33. The number of ether oxygens (including phenoxy) is 1. The van der Waals surface area contributed by atoms with Gasteiger partial charge in [-0.2, -0.15) is 0 Å². The summed E-state index contributed by atoms with van der Waals surface area (Å²) in [4.78, 5) is 0. The third-order valence-electron chi connectivity index (χ3n) is 5.57. The van der Waals surface area contributed by atoms with Crippen LogP contribution >= 0.6 is 0 Å². The summed E-state index contributed by atoms with van der Waals surface area (Å²) in [5.41, 5.74) is 3.38. The molecule has 3 aromatic rings. The van der Waals surface area contributed by atoms with Crippen molar-refractivity contribution in [1.29, 1.82) is 0 Å². The zero-order chi connectivity index (χ0) is 16.4. The fourth-order valence-electron chi connectivity index (χ4n) is 4.22. The maximum atomic E-state index is 6.02. The Kier molecular flexibility index (Phi) is 4.72. The first-order valence-electron chi connectivity index (χ1n) is 9.42. The number of aryl methyl sites for hydroxylation is 1. The molecule has 126 valence electrons. The SMILES string of the molecule is C[SiH](CCCn1c2ccccc2c2ccccc21)C1CCCCO1. The number of hydrogen-bond acceptors (Lipinski definition) is 1. The summed E-state index contributed by atoms with van der Waals surface area (Å²) in [5.74, 6) is 0. The lowest BCUT2D eigenvalue weighted by molar-refractivity contribution is 0.0625. The molecule has 2 unspecified atom stereocenters. The van der Waals surface area contributed by atoms with Crippen molar-refractivity contribution < 1.29 is 4.74 Å². The van der Waals surface area contributed by atoms with Crippen LogP contribution in [0.4, 0.5) is 0 Å². The zero-order valence-corrected chi connectivity index (χ0v) is 15.7. The third kappa shape index (κ3) is 3.03. The Morgan fingerprint density at radius 3 is 2.29 bits per heavy atom. The minimum atomic E-state index is -0.765. The van der Waals surface area contributed by atoms with Crippen LogP contribution in [0.2, 0.25) is 12.6 Å². The summed E-state index contributed by atoms with van der Waals surface area (Å²) < 4.78 is 8.54. The van der Waals surface area contributed by atoms with Crippen LogP contribution in [0.5, 0.6) is 0 Å². The first-order valence-corrected chi connectivity index (χ1v) is 12.1. The van der Waals surface area contributed by atoms with Gasteiger partial charge in [-0.15, -0.1) is 0 Å². The predicted octanol–water partition coefficient (Wildman–Crippen LogP) is 5.15. The number of rotatable bonds is 5. The van der Waals surface area contributed by atoms with E-state index in [1.165, 1.54) is 53.5 Å². The highest BCUT2D eigenvalue weighted by Gasteiger charge is 2.21. The van der Waals surface area contributed by atoms with Crippen LogP contribution in [0.1, 0.15) is 25.7 Å². The molecule has 0 amide bonds. The van der Waals surface area contributed by atoms with Crippen LogP contribution in [0.3, 0.4) is 0 Å². The van der Waals surface area contributed by atoms with Gasteiger partial charge in [-0.05, 0) is 37.8 Å². The van der Waals surface area contributed by atoms with Crippen LogP contribution in [0, 0.1) is 0 Å². The Labute approximate surface area is 146 Å². The lowest BCUT2D eigenvalue weighted by atomic mass is 10.2. The molecule has 2 nitrogen and oxygen atoms in total. The quantitative estimate of drug-likeness (QED) is 0.587. The van der Waals surface area contributed by atoms with Gasteiger partial charge >= 0.3 is 0 Å². The Morgan fingerprint density at radius 2 is 1.67 bits per heavy atom. The van der Waals surface area contributed by atoms with E-state index in [4.69, 9.17) is 4.74 Å². The second kappa shape index (κ2) is 7.12. The van der Waals surface area contributed by atoms with Crippen molar-refractivity contribution in [3.05, 3.63) is 48.5 Å². The molecule has 1 aromatic heterocycles. The van der Waals surface area contributed by atoms with Crippen LogP contribution in [0.25, 0.3) is 21.8 Å². The highest BCUT2D eigenvalue weighted by molar-refractivity contribution is 6.58. The van der Waals surface area contributed by atoms with E-state index in [0.29, 0.717) is 5.73 Å². The molecule has 1 aliphatic rings. The molecule has 2 atom stereocenters. The van der Waals surface area contributed by atoms with Gasteiger partial charge in [0.25, 0.3) is 0 Å². The minimum absolute atomic E-state index is 0.622. The molecule has 2 heterocycles. The van der Waals surface area contributed by atoms with Crippen molar-refractivity contribution in [2.24, 2.45) is 0 Å². The van der Waals surface area contributed by atoms with Gasteiger partial charge in [-0.3, -0.25) is 0 Å². The first kappa shape index (κ1) is 15.9. The highest BCUT2D eigenvalue weighted by Crippen LogP contribution is 2.29. The number of hydrogen-bond donors (Lipinski definition) is 0. The second-order valence-electron chi connectivity index (χ2n) is 7.21. The highest BCUT2D eigenvalue weighted by atomic mass is 28.3. The molecule has 0 bridgehead atoms. The van der Waals surface area contributed by atoms with Crippen molar-refractivity contribution >= 4 is 30.6 Å². The fourth-order valence-corrected chi connectivity index (χ4v) is 6.68. The maximum absolute atomic E-state index is 6.02. The molecule has 3 heteroatoms. The Morgan fingerprint density at radius 1 is 1.00 bits per heavy atom. The fraction of sp³-hybridized carbons (Fsp3) is 0.429. The minimum Gasteiger partial charge on any atom is -0.382 e. The average molecular weight is 338 g/mol. The Balaban J connectivity index is 1.51. The molecule has 4 rings (SSSR count). The van der Waals surface area contributed by atoms with Crippen molar-refractivity contribution in [1.82, 2.24) is 4.57 Å². The molecule has 24 heavy (non-hydrogen) atoms. The van der Waals surface area contributed by atoms with E-state index >= 15 is 0 Å². The van der Waals surface area contributed by atoms with Crippen LogP contribution in [-0.2, 0) is 11.3 Å². The molecule has 1 aliphatic heterocycles. The number of para-hydroxylation sites is 2. The summed E-state index contributed by atoms with van der Waals surface area (Å²) >= 11 is 0. The zero-order valence-electron chi connectivity index (χ0n) is 14.6. The molecule has 1 fully saturated rings. The van der Waals surface area contributed by atoms with Gasteiger partial charge in [-0.25, -0.2) is 0 Å². The van der Waals surface area contributed by atoms with Gasteiger partial charge in [0, 0.05) is 40.7 Å². The van der Waals surface area contributed by atoms with Crippen molar-refractivity contribution in [2.45, 2.75) is 50.5 Å². The van der Waals surface area contributed by atoms with Gasteiger partial charge in [-0.1, -0.05) is 49.0 Å². The number of benzene rings is 2. The van der Waals surface area contributed by atoms with E-state index < -0.39 is 8.80 Å². The monoisotopic (exact) mass is 337 g/mol. The Hall–Kier alpha value is -1.58. The topological polar surface area (TPSA) is 14.2 Å². The average Bonchev–Trinajstić information content (AvgIpc) is 2.97. The predicted molar refractivity (Wildman–Crippen MR) is 105 cm³/mol. The van der Waals surface area contributed by atoms with Crippen molar-refractivity contribution in [3.8, 4) is 0 Å². The lowest BCUT2D eigenvalue weighted by Gasteiger charge is -2.27. The molecule has 0 radical (unpaired) electrons. The van der Waals surface area contributed by atoms with Crippen LogP contribution < -0.4 is 0 Å². The summed E-state index contributed by atoms with van der Waals surface area (Å²) in [5, 5.41) is 2.77. The molecule has 0 saturated carbocycles. The maximum Gasteiger partial charge on any atom is 0.0687 e. The van der Waals surface area contributed by atoms with E-state index in [2.05, 4.69) is 59.6 Å². The molecule has 0 spiro atoms. The van der Waals surface area contributed by atoms with Gasteiger partial charge in [0.1, 0.15) is 0 Å². The Bertz CT molecular complexity index is 766. The summed E-state index contributed by atoms with van der Waals surface area (Å²) in [6.07, 6.45) is 5.21. The van der Waals surface area contributed by atoms with E-state index in [1.54, 1.807) is 0 Å².